The van der Waals surface area contributed by atoms with Crippen LogP contribution in [0.25, 0.3) is 11.5 Å². The molecule has 4 aromatic rings. The Kier molecular flexibility index (Phi) is 6.03. The molecule has 0 radical (unpaired) electrons. The van der Waals surface area contributed by atoms with Crippen LogP contribution in [-0.2, 0) is 4.74 Å². The molecule has 1 atom stereocenters. The first-order valence-corrected chi connectivity index (χ1v) is 9.82. The quantitative estimate of drug-likeness (QED) is 0.414. The molecule has 6 nitrogen and oxygen atoms in total. The van der Waals surface area contributed by atoms with Gasteiger partial charge in [-0.2, -0.15) is 0 Å². The van der Waals surface area contributed by atoms with Crippen LogP contribution in [0.4, 0.5) is 10.1 Å². The Morgan fingerprint density at radius 2 is 1.71 bits per heavy atom. The van der Waals surface area contributed by atoms with Gasteiger partial charge >= 0.3 is 5.97 Å². The Hall–Kier alpha value is -4.00. The van der Waals surface area contributed by atoms with Gasteiger partial charge in [-0.25, -0.2) is 9.18 Å². The molecule has 31 heavy (non-hydrogen) atoms. The third-order valence-electron chi connectivity index (χ3n) is 4.63. The zero-order chi connectivity index (χ0) is 21.6. The Balaban J connectivity index is 1.66. The van der Waals surface area contributed by atoms with Gasteiger partial charge in [-0.3, -0.25) is 0 Å². The minimum absolute atomic E-state index is 0.221. The van der Waals surface area contributed by atoms with Gasteiger partial charge in [0, 0.05) is 16.8 Å². The molecule has 1 heterocycles. The summed E-state index contributed by atoms with van der Waals surface area (Å²) < 4.78 is 25.5. The summed E-state index contributed by atoms with van der Waals surface area (Å²) in [5.74, 6) is -0.235. The van der Waals surface area contributed by atoms with Crippen LogP contribution in [0.2, 0.25) is 0 Å². The number of rotatable bonds is 7. The van der Waals surface area contributed by atoms with Crippen LogP contribution in [0, 0.1) is 5.82 Å². The Morgan fingerprint density at radius 3 is 2.42 bits per heavy atom. The molecular weight excluding hydrogens is 397 g/mol. The summed E-state index contributed by atoms with van der Waals surface area (Å²) in [4.78, 5) is 11.9. The molecule has 0 aliphatic rings. The van der Waals surface area contributed by atoms with Gasteiger partial charge in [0.05, 0.1) is 12.2 Å². The average Bonchev–Trinajstić information content (AvgIpc) is 3.29. The predicted molar refractivity (Wildman–Crippen MR) is 114 cm³/mol. The maximum atomic E-state index is 14.6. The largest absolute Gasteiger partial charge is 0.462 e. The van der Waals surface area contributed by atoms with Gasteiger partial charge in [0.15, 0.2) is 0 Å². The Bertz CT molecular complexity index is 1160. The van der Waals surface area contributed by atoms with E-state index in [0.717, 1.165) is 5.56 Å². The van der Waals surface area contributed by atoms with Gasteiger partial charge in [-0.1, -0.05) is 36.4 Å². The monoisotopic (exact) mass is 417 g/mol. The maximum Gasteiger partial charge on any atom is 0.338 e. The van der Waals surface area contributed by atoms with Gasteiger partial charge in [0.2, 0.25) is 11.8 Å². The number of anilines is 1. The molecule has 1 unspecified atom stereocenters. The normalized spacial score (nSPS) is 11.7. The smallest absolute Gasteiger partial charge is 0.338 e. The summed E-state index contributed by atoms with van der Waals surface area (Å²) in [6.07, 6.45) is 0. The molecule has 7 heteroatoms. The molecular formula is C24H20FN3O3. The third kappa shape index (κ3) is 4.61. The van der Waals surface area contributed by atoms with Crippen LogP contribution >= 0.6 is 0 Å². The average molecular weight is 417 g/mol. The fourth-order valence-corrected chi connectivity index (χ4v) is 3.11. The number of benzene rings is 3. The molecule has 1 aromatic heterocycles. The lowest BCUT2D eigenvalue weighted by molar-refractivity contribution is 0.0526. The second-order valence-electron chi connectivity index (χ2n) is 6.71. The van der Waals surface area contributed by atoms with Crippen molar-refractivity contribution in [1.82, 2.24) is 10.2 Å². The fourth-order valence-electron chi connectivity index (χ4n) is 3.11. The topological polar surface area (TPSA) is 77.2 Å². The number of carbonyl (C=O) groups is 1. The number of halogens is 1. The molecule has 1 N–H and O–H groups in total. The summed E-state index contributed by atoms with van der Waals surface area (Å²) >= 11 is 0. The van der Waals surface area contributed by atoms with Crippen molar-refractivity contribution in [2.45, 2.75) is 13.0 Å². The lowest BCUT2D eigenvalue weighted by Crippen LogP contribution is -2.14. The second-order valence-corrected chi connectivity index (χ2v) is 6.71. The molecule has 0 amide bonds. The molecule has 0 fully saturated rings. The number of hydrogen-bond donors (Lipinski definition) is 1. The van der Waals surface area contributed by atoms with E-state index < -0.39 is 17.8 Å². The first-order valence-electron chi connectivity index (χ1n) is 9.82. The zero-order valence-corrected chi connectivity index (χ0v) is 16.8. The Labute approximate surface area is 178 Å². The summed E-state index contributed by atoms with van der Waals surface area (Å²) in [5, 5.41) is 11.5. The van der Waals surface area contributed by atoms with Crippen LogP contribution < -0.4 is 5.32 Å². The summed E-state index contributed by atoms with van der Waals surface area (Å²) in [6, 6.07) is 21.7. The molecule has 0 saturated heterocycles. The van der Waals surface area contributed by atoms with Crippen LogP contribution in [0.3, 0.4) is 0 Å². The molecule has 0 aliphatic heterocycles. The molecule has 156 valence electrons. The highest BCUT2D eigenvalue weighted by Gasteiger charge is 2.24. The predicted octanol–water partition coefficient (Wildman–Crippen LogP) is 5.25. The van der Waals surface area contributed by atoms with Crippen molar-refractivity contribution in [3.05, 3.63) is 102 Å². The summed E-state index contributed by atoms with van der Waals surface area (Å²) in [5.41, 5.74) is 2.22. The number of hydrogen-bond acceptors (Lipinski definition) is 6. The van der Waals surface area contributed by atoms with Crippen LogP contribution in [0.15, 0.2) is 83.3 Å². The van der Waals surface area contributed by atoms with Crippen LogP contribution in [0.1, 0.15) is 34.8 Å². The van der Waals surface area contributed by atoms with E-state index in [9.17, 15) is 9.18 Å². The van der Waals surface area contributed by atoms with Gasteiger partial charge in [-0.05, 0) is 49.4 Å². The highest BCUT2D eigenvalue weighted by atomic mass is 19.1. The maximum absolute atomic E-state index is 14.6. The molecule has 4 rings (SSSR count). The van der Waals surface area contributed by atoms with Crippen molar-refractivity contribution in [1.29, 1.82) is 0 Å². The van der Waals surface area contributed by atoms with Crippen LogP contribution in [0.5, 0.6) is 0 Å². The molecule has 0 bridgehead atoms. The number of aromatic nitrogens is 2. The summed E-state index contributed by atoms with van der Waals surface area (Å²) in [6.45, 7) is 2.05. The van der Waals surface area contributed by atoms with E-state index in [0.29, 0.717) is 29.3 Å². The molecule has 3 aromatic carbocycles. The van der Waals surface area contributed by atoms with Gasteiger partial charge in [0.25, 0.3) is 0 Å². The Morgan fingerprint density at radius 1 is 1.00 bits per heavy atom. The number of esters is 1. The van der Waals surface area contributed by atoms with Gasteiger partial charge in [-0.15, -0.1) is 10.2 Å². The summed E-state index contributed by atoms with van der Waals surface area (Å²) in [7, 11) is 0. The van der Waals surface area contributed by atoms with Crippen molar-refractivity contribution in [3.63, 3.8) is 0 Å². The van der Waals surface area contributed by atoms with Crippen molar-refractivity contribution < 1.29 is 18.3 Å². The van der Waals surface area contributed by atoms with Crippen molar-refractivity contribution in [3.8, 4) is 11.5 Å². The lowest BCUT2D eigenvalue weighted by atomic mass is 10.1. The first kappa shape index (κ1) is 20.3. The van der Waals surface area contributed by atoms with E-state index in [1.807, 2.05) is 30.3 Å². The highest BCUT2D eigenvalue weighted by molar-refractivity contribution is 5.89. The number of nitrogens with zero attached hydrogens (tertiary/aromatic N) is 2. The zero-order valence-electron chi connectivity index (χ0n) is 16.8. The lowest BCUT2D eigenvalue weighted by Gasteiger charge is -2.18. The second kappa shape index (κ2) is 9.21. The standard InChI is InChI=1S/C24H20FN3O3/c1-2-30-24(29)17-12-14-18(15-13-17)26-21(19-10-6-7-11-20(19)25)23-28-27-22(31-23)16-8-4-3-5-9-16/h3-15,21,26H,2H2,1H3. The highest BCUT2D eigenvalue weighted by Crippen LogP contribution is 2.30. The van der Waals surface area contributed by atoms with E-state index in [2.05, 4.69) is 15.5 Å². The van der Waals surface area contributed by atoms with Gasteiger partial charge in [0.1, 0.15) is 11.9 Å². The first-order chi connectivity index (χ1) is 15.2. The van der Waals surface area contributed by atoms with E-state index in [4.69, 9.17) is 9.15 Å². The number of ether oxygens (including phenoxy) is 1. The minimum atomic E-state index is -0.723. The van der Waals surface area contributed by atoms with Crippen molar-refractivity contribution in [2.24, 2.45) is 0 Å². The number of nitrogens with one attached hydrogen (secondary N) is 1. The van der Waals surface area contributed by atoms with E-state index in [1.165, 1.54) is 6.07 Å². The minimum Gasteiger partial charge on any atom is -0.462 e. The van der Waals surface area contributed by atoms with E-state index in [1.54, 1.807) is 49.4 Å². The van der Waals surface area contributed by atoms with E-state index >= 15 is 0 Å². The van der Waals surface area contributed by atoms with Gasteiger partial charge < -0.3 is 14.5 Å². The van der Waals surface area contributed by atoms with Crippen molar-refractivity contribution >= 4 is 11.7 Å². The molecule has 0 spiro atoms. The SMILES string of the molecule is CCOC(=O)c1ccc(NC(c2nnc(-c3ccccc3)o2)c2ccccc2F)cc1. The molecule has 0 aliphatic carbocycles. The van der Waals surface area contributed by atoms with Crippen molar-refractivity contribution in [2.75, 3.05) is 11.9 Å². The van der Waals surface area contributed by atoms with Crippen LogP contribution in [-0.4, -0.2) is 22.8 Å². The third-order valence-corrected chi connectivity index (χ3v) is 4.63. The fraction of sp³-hybridized carbons (Fsp3) is 0.125. The molecule has 0 saturated carbocycles. The number of carbonyl (C=O) groups excluding carboxylic acids is 1. The van der Waals surface area contributed by atoms with E-state index in [-0.39, 0.29) is 5.89 Å².